The van der Waals surface area contributed by atoms with Crippen molar-refractivity contribution in [3.63, 3.8) is 0 Å². The second-order valence-electron chi connectivity index (χ2n) is 8.45. The van der Waals surface area contributed by atoms with Gasteiger partial charge in [-0.15, -0.1) is 18.3 Å². The molecule has 2 aliphatic rings. The highest BCUT2D eigenvalue weighted by Crippen LogP contribution is 2.27. The van der Waals surface area contributed by atoms with Gasteiger partial charge in [-0.05, 0) is 55.0 Å². The Balaban J connectivity index is 0.00000180. The zero-order valence-electron chi connectivity index (χ0n) is 19.0. The number of aryl methyl sites for hydroxylation is 1. The quantitative estimate of drug-likeness (QED) is 0.515. The molecule has 2 aliphatic heterocycles. The summed E-state index contributed by atoms with van der Waals surface area (Å²) >= 11 is 0. The maximum Gasteiger partial charge on any atom is 0.573 e. The van der Waals surface area contributed by atoms with Crippen LogP contribution in [0.1, 0.15) is 6.99 Å². The average molecular weight is 497 g/mol. The van der Waals surface area contributed by atoms with E-state index in [-0.39, 0.29) is 11.9 Å². The fourth-order valence-corrected chi connectivity index (χ4v) is 4.17. The molecule has 12 heteroatoms. The standard InChI is InChI=1S/C23H25F3N6O2.FH.H2/c1-16-10-17(12-19(11-16)30-6-8-31(9-7-30)20-13-33-14-20)28-22-27-15-32(29-22)18-2-4-21(5-3-18)34-23(24,25)26;;/h2-5,10-12,15,20H,6-9,13-14H2,1H3,(H,28,29);2*1H. The number of rotatable bonds is 6. The number of benzene rings is 2. The first-order valence-corrected chi connectivity index (χ1v) is 11.1. The first-order valence-electron chi connectivity index (χ1n) is 11.1. The van der Waals surface area contributed by atoms with Crippen molar-refractivity contribution in [3.8, 4) is 11.4 Å². The molecule has 1 N–H and O–H groups in total. The van der Waals surface area contributed by atoms with Gasteiger partial charge in [0.15, 0.2) is 0 Å². The second kappa shape index (κ2) is 10.1. The molecule has 2 fully saturated rings. The average Bonchev–Trinajstić information content (AvgIpc) is 3.20. The van der Waals surface area contributed by atoms with Crippen LogP contribution in [0.5, 0.6) is 5.75 Å². The molecule has 0 atom stereocenters. The van der Waals surface area contributed by atoms with Gasteiger partial charge in [-0.25, -0.2) is 4.68 Å². The molecular weight excluding hydrogens is 468 g/mol. The van der Waals surface area contributed by atoms with Crippen molar-refractivity contribution in [2.24, 2.45) is 0 Å². The van der Waals surface area contributed by atoms with E-state index in [2.05, 4.69) is 42.1 Å². The summed E-state index contributed by atoms with van der Waals surface area (Å²) in [6.45, 7) is 7.67. The first-order chi connectivity index (χ1) is 16.3. The van der Waals surface area contributed by atoms with Gasteiger partial charge < -0.3 is 19.7 Å². The van der Waals surface area contributed by atoms with Crippen molar-refractivity contribution in [2.45, 2.75) is 19.3 Å². The number of nitrogens with zero attached hydrogens (tertiary/aromatic N) is 5. The van der Waals surface area contributed by atoms with E-state index in [9.17, 15) is 13.2 Å². The smallest absolute Gasteiger partial charge is 0.406 e. The number of nitrogens with one attached hydrogen (secondary N) is 1. The molecule has 35 heavy (non-hydrogen) atoms. The molecule has 0 bridgehead atoms. The van der Waals surface area contributed by atoms with Crippen molar-refractivity contribution in [3.05, 3.63) is 54.4 Å². The molecule has 8 nitrogen and oxygen atoms in total. The lowest BCUT2D eigenvalue weighted by Gasteiger charge is -2.43. The van der Waals surface area contributed by atoms with E-state index >= 15 is 0 Å². The monoisotopic (exact) mass is 496 g/mol. The summed E-state index contributed by atoms with van der Waals surface area (Å²) in [6.07, 6.45) is -3.22. The molecule has 1 aromatic heterocycles. The van der Waals surface area contributed by atoms with Gasteiger partial charge in [0.05, 0.1) is 24.9 Å². The number of hydrogen-bond acceptors (Lipinski definition) is 7. The summed E-state index contributed by atoms with van der Waals surface area (Å²) in [5.41, 5.74) is 3.70. The summed E-state index contributed by atoms with van der Waals surface area (Å²) in [6, 6.07) is 12.3. The second-order valence-corrected chi connectivity index (χ2v) is 8.45. The Morgan fingerprint density at radius 2 is 1.74 bits per heavy atom. The maximum atomic E-state index is 12.3. The lowest BCUT2D eigenvalue weighted by atomic mass is 10.1. The molecule has 3 aromatic rings. The van der Waals surface area contributed by atoms with Gasteiger partial charge in [0.1, 0.15) is 12.1 Å². The summed E-state index contributed by atoms with van der Waals surface area (Å²) < 4.78 is 47.8. The predicted molar refractivity (Wildman–Crippen MR) is 126 cm³/mol. The van der Waals surface area contributed by atoms with E-state index in [1.54, 1.807) is 0 Å². The van der Waals surface area contributed by atoms with Gasteiger partial charge >= 0.3 is 6.36 Å². The van der Waals surface area contributed by atoms with Crippen molar-refractivity contribution in [2.75, 3.05) is 49.6 Å². The molecule has 2 aromatic carbocycles. The number of alkyl halides is 3. The zero-order valence-corrected chi connectivity index (χ0v) is 19.0. The molecule has 3 heterocycles. The Bertz CT molecular complexity index is 1130. The Labute approximate surface area is 201 Å². The predicted octanol–water partition coefficient (Wildman–Crippen LogP) is 4.14. The molecular formula is C23H28F4N6O2. The normalized spacial score (nSPS) is 17.0. The number of ether oxygens (including phenoxy) is 2. The van der Waals surface area contributed by atoms with E-state index in [1.165, 1.54) is 35.3 Å². The van der Waals surface area contributed by atoms with Crippen LogP contribution in [0.25, 0.3) is 5.69 Å². The molecule has 0 unspecified atom stereocenters. The van der Waals surface area contributed by atoms with Gasteiger partial charge in [0, 0.05) is 39.0 Å². The van der Waals surface area contributed by atoms with E-state index in [0.717, 1.165) is 56.3 Å². The Hall–Kier alpha value is -3.38. The van der Waals surface area contributed by atoms with Crippen molar-refractivity contribution in [1.29, 1.82) is 0 Å². The Morgan fingerprint density at radius 1 is 1.03 bits per heavy atom. The van der Waals surface area contributed by atoms with E-state index < -0.39 is 6.36 Å². The number of piperazine rings is 1. The minimum Gasteiger partial charge on any atom is -0.406 e. The number of anilines is 3. The largest absolute Gasteiger partial charge is 0.573 e. The third-order valence-electron chi connectivity index (χ3n) is 5.96. The summed E-state index contributed by atoms with van der Waals surface area (Å²) in [5.74, 6) is 0.103. The zero-order chi connectivity index (χ0) is 23.7. The third kappa shape index (κ3) is 6.01. The van der Waals surface area contributed by atoms with Crippen LogP contribution in [-0.2, 0) is 4.74 Å². The van der Waals surface area contributed by atoms with Gasteiger partial charge in [-0.2, -0.15) is 4.98 Å². The molecule has 2 saturated heterocycles. The molecule has 5 rings (SSSR count). The van der Waals surface area contributed by atoms with E-state index in [0.29, 0.717) is 17.7 Å². The fourth-order valence-electron chi connectivity index (χ4n) is 4.17. The van der Waals surface area contributed by atoms with Crippen LogP contribution in [-0.4, -0.2) is 71.5 Å². The number of aromatic nitrogens is 3. The molecule has 0 aliphatic carbocycles. The van der Waals surface area contributed by atoms with Crippen LogP contribution in [0.4, 0.5) is 35.2 Å². The topological polar surface area (TPSA) is 67.7 Å². The van der Waals surface area contributed by atoms with Gasteiger partial charge in [-0.1, -0.05) is 0 Å². The van der Waals surface area contributed by atoms with Crippen LogP contribution < -0.4 is 15.0 Å². The van der Waals surface area contributed by atoms with Gasteiger partial charge in [-0.3, -0.25) is 9.60 Å². The molecule has 0 radical (unpaired) electrons. The third-order valence-corrected chi connectivity index (χ3v) is 5.96. The Kier molecular flexibility index (Phi) is 7.13. The minimum atomic E-state index is -4.72. The number of hydrogen-bond donors (Lipinski definition) is 1. The lowest BCUT2D eigenvalue weighted by Crippen LogP contribution is -2.56. The van der Waals surface area contributed by atoms with Crippen LogP contribution in [0.3, 0.4) is 0 Å². The molecule has 0 amide bonds. The molecule has 0 spiro atoms. The van der Waals surface area contributed by atoms with Crippen LogP contribution >= 0.6 is 0 Å². The van der Waals surface area contributed by atoms with Gasteiger partial charge in [0.25, 0.3) is 0 Å². The Morgan fingerprint density at radius 3 is 2.37 bits per heavy atom. The molecule has 0 saturated carbocycles. The van der Waals surface area contributed by atoms with Crippen molar-refractivity contribution in [1.82, 2.24) is 19.7 Å². The first kappa shape index (κ1) is 24.7. The van der Waals surface area contributed by atoms with Crippen molar-refractivity contribution >= 4 is 17.3 Å². The summed E-state index contributed by atoms with van der Waals surface area (Å²) in [7, 11) is 0. The van der Waals surface area contributed by atoms with E-state index in [4.69, 9.17) is 4.74 Å². The molecule has 190 valence electrons. The van der Waals surface area contributed by atoms with E-state index in [1.807, 2.05) is 13.0 Å². The highest BCUT2D eigenvalue weighted by atomic mass is 19.4. The SMILES string of the molecule is Cc1cc(Nc2ncn(-c3ccc(OC(F)(F)F)cc3)n2)cc(N2CCN(C3COC3)CC2)c1.F.[HH]. The number of halogens is 4. The lowest BCUT2D eigenvalue weighted by molar-refractivity contribution is -0.274. The van der Waals surface area contributed by atoms with Crippen LogP contribution in [0.15, 0.2) is 48.8 Å². The summed E-state index contributed by atoms with van der Waals surface area (Å²) in [4.78, 5) is 9.16. The fraction of sp³-hybridized carbons (Fsp3) is 0.391. The summed E-state index contributed by atoms with van der Waals surface area (Å²) in [5, 5.41) is 7.63. The van der Waals surface area contributed by atoms with Crippen LogP contribution in [0, 0.1) is 6.92 Å². The maximum absolute atomic E-state index is 12.3. The highest BCUT2D eigenvalue weighted by molar-refractivity contribution is 5.64. The van der Waals surface area contributed by atoms with Crippen LogP contribution in [0.2, 0.25) is 0 Å². The van der Waals surface area contributed by atoms with Crippen molar-refractivity contribution < 1.29 is 28.8 Å². The van der Waals surface area contributed by atoms with Gasteiger partial charge in [0.2, 0.25) is 5.95 Å². The highest BCUT2D eigenvalue weighted by Gasteiger charge is 2.31. The minimum absolute atomic E-state index is 0.